The molecule has 0 amide bonds. The number of hydrogen-bond donors (Lipinski definition) is 1. The average Bonchev–Trinajstić information content (AvgIpc) is 2.44. The van der Waals surface area contributed by atoms with E-state index >= 15 is 0 Å². The highest BCUT2D eigenvalue weighted by molar-refractivity contribution is 7.98. The zero-order valence-corrected chi connectivity index (χ0v) is 14.0. The maximum absolute atomic E-state index is 13.4. The van der Waals surface area contributed by atoms with Crippen LogP contribution in [0.5, 0.6) is 0 Å². The molecule has 0 saturated heterocycles. The Bertz CT molecular complexity index is 395. The SMILES string of the molecule is CCCNC(CCN(C)CCSC)c1cc(F)cc(F)c1. The Morgan fingerprint density at radius 1 is 1.19 bits per heavy atom. The first-order valence-corrected chi connectivity index (χ1v) is 8.83. The molecule has 0 aliphatic carbocycles. The van der Waals surface area contributed by atoms with E-state index in [2.05, 4.69) is 30.4 Å². The maximum Gasteiger partial charge on any atom is 0.126 e. The van der Waals surface area contributed by atoms with Crippen molar-refractivity contribution in [3.8, 4) is 0 Å². The van der Waals surface area contributed by atoms with Crippen molar-refractivity contribution in [1.29, 1.82) is 0 Å². The lowest BCUT2D eigenvalue weighted by Crippen LogP contribution is -2.29. The van der Waals surface area contributed by atoms with Crippen molar-refractivity contribution >= 4 is 11.8 Å². The second kappa shape index (κ2) is 10.1. The van der Waals surface area contributed by atoms with Crippen LogP contribution in [0.4, 0.5) is 8.78 Å². The highest BCUT2D eigenvalue weighted by atomic mass is 32.2. The van der Waals surface area contributed by atoms with Gasteiger partial charge in [0.15, 0.2) is 0 Å². The molecule has 1 aromatic rings. The molecule has 0 spiro atoms. The van der Waals surface area contributed by atoms with Gasteiger partial charge >= 0.3 is 0 Å². The second-order valence-electron chi connectivity index (χ2n) is 5.29. The van der Waals surface area contributed by atoms with E-state index in [1.807, 2.05) is 11.8 Å². The molecule has 5 heteroatoms. The highest BCUT2D eigenvalue weighted by Gasteiger charge is 2.14. The molecule has 120 valence electrons. The number of benzene rings is 1. The number of nitrogens with one attached hydrogen (secondary N) is 1. The van der Waals surface area contributed by atoms with Crippen LogP contribution in [0.2, 0.25) is 0 Å². The van der Waals surface area contributed by atoms with Gasteiger partial charge in [-0.1, -0.05) is 6.92 Å². The summed E-state index contributed by atoms with van der Waals surface area (Å²) in [6, 6.07) is 3.77. The Kier molecular flexibility index (Phi) is 8.88. The van der Waals surface area contributed by atoms with E-state index in [4.69, 9.17) is 0 Å². The van der Waals surface area contributed by atoms with Crippen molar-refractivity contribution in [1.82, 2.24) is 10.2 Å². The lowest BCUT2D eigenvalue weighted by atomic mass is 10.0. The lowest BCUT2D eigenvalue weighted by Gasteiger charge is -2.23. The average molecular weight is 316 g/mol. The Balaban J connectivity index is 2.66. The van der Waals surface area contributed by atoms with Gasteiger partial charge in [-0.2, -0.15) is 11.8 Å². The molecule has 21 heavy (non-hydrogen) atoms. The van der Waals surface area contributed by atoms with Crippen molar-refractivity contribution in [3.05, 3.63) is 35.4 Å². The summed E-state index contributed by atoms with van der Waals surface area (Å²) in [7, 11) is 2.08. The molecule has 0 fully saturated rings. The fraction of sp³-hybridized carbons (Fsp3) is 0.625. The fourth-order valence-corrected chi connectivity index (χ4v) is 2.68. The number of hydrogen-bond acceptors (Lipinski definition) is 3. The maximum atomic E-state index is 13.4. The van der Waals surface area contributed by atoms with Gasteiger partial charge in [0.25, 0.3) is 0 Å². The van der Waals surface area contributed by atoms with E-state index in [1.165, 1.54) is 12.1 Å². The molecule has 1 atom stereocenters. The van der Waals surface area contributed by atoms with Gasteiger partial charge in [-0.15, -0.1) is 0 Å². The first-order valence-electron chi connectivity index (χ1n) is 7.43. The highest BCUT2D eigenvalue weighted by Crippen LogP contribution is 2.20. The molecule has 1 unspecified atom stereocenters. The summed E-state index contributed by atoms with van der Waals surface area (Å²) >= 11 is 1.82. The van der Waals surface area contributed by atoms with Crippen LogP contribution in [0.1, 0.15) is 31.4 Å². The molecule has 1 aromatic carbocycles. The lowest BCUT2D eigenvalue weighted by molar-refractivity contribution is 0.323. The quantitative estimate of drug-likeness (QED) is 0.709. The van der Waals surface area contributed by atoms with Crippen LogP contribution in [0.3, 0.4) is 0 Å². The summed E-state index contributed by atoms with van der Waals surface area (Å²) in [5.41, 5.74) is 0.694. The molecule has 0 saturated carbocycles. The van der Waals surface area contributed by atoms with Gasteiger partial charge in [-0.05, 0) is 56.9 Å². The molecule has 1 N–H and O–H groups in total. The molecule has 0 bridgehead atoms. The van der Waals surface area contributed by atoms with Crippen LogP contribution < -0.4 is 5.32 Å². The predicted molar refractivity (Wildman–Crippen MR) is 87.9 cm³/mol. The molecule has 0 aliphatic rings. The molecule has 1 rings (SSSR count). The molecule has 0 aliphatic heterocycles. The first-order chi connectivity index (χ1) is 10.1. The van der Waals surface area contributed by atoms with Crippen LogP contribution in [-0.4, -0.2) is 43.6 Å². The zero-order chi connectivity index (χ0) is 15.7. The van der Waals surface area contributed by atoms with E-state index in [0.29, 0.717) is 5.56 Å². The van der Waals surface area contributed by atoms with Crippen LogP contribution in [-0.2, 0) is 0 Å². The Morgan fingerprint density at radius 2 is 1.86 bits per heavy atom. The largest absolute Gasteiger partial charge is 0.310 e. The Morgan fingerprint density at radius 3 is 2.43 bits per heavy atom. The van der Waals surface area contributed by atoms with Crippen molar-refractivity contribution < 1.29 is 8.78 Å². The minimum absolute atomic E-state index is 0.00752. The fourth-order valence-electron chi connectivity index (χ4n) is 2.19. The summed E-state index contributed by atoms with van der Waals surface area (Å²) in [5.74, 6) is 0.0751. The topological polar surface area (TPSA) is 15.3 Å². The minimum Gasteiger partial charge on any atom is -0.310 e. The third kappa shape index (κ3) is 7.25. The second-order valence-corrected chi connectivity index (χ2v) is 6.28. The van der Waals surface area contributed by atoms with Crippen molar-refractivity contribution in [3.63, 3.8) is 0 Å². The third-order valence-electron chi connectivity index (χ3n) is 3.40. The monoisotopic (exact) mass is 316 g/mol. The van der Waals surface area contributed by atoms with Gasteiger partial charge in [0.2, 0.25) is 0 Å². The molecule has 0 heterocycles. The molecule has 2 nitrogen and oxygen atoms in total. The van der Waals surface area contributed by atoms with Gasteiger partial charge < -0.3 is 10.2 Å². The summed E-state index contributed by atoms with van der Waals surface area (Å²) in [6.07, 6.45) is 3.93. The van der Waals surface area contributed by atoms with Gasteiger partial charge in [0, 0.05) is 24.4 Å². The van der Waals surface area contributed by atoms with Crippen LogP contribution in [0.15, 0.2) is 18.2 Å². The van der Waals surface area contributed by atoms with E-state index in [-0.39, 0.29) is 6.04 Å². The van der Waals surface area contributed by atoms with E-state index in [9.17, 15) is 8.78 Å². The molecular weight excluding hydrogens is 290 g/mol. The Hall–Kier alpha value is -0.650. The zero-order valence-electron chi connectivity index (χ0n) is 13.2. The molecular formula is C16H26F2N2S. The summed E-state index contributed by atoms with van der Waals surface area (Å²) in [5, 5.41) is 3.39. The number of nitrogens with zero attached hydrogens (tertiary/aromatic N) is 1. The summed E-state index contributed by atoms with van der Waals surface area (Å²) in [6.45, 7) is 4.86. The number of thioether (sulfide) groups is 1. The minimum atomic E-state index is -0.510. The molecule has 0 radical (unpaired) electrons. The third-order valence-corrected chi connectivity index (χ3v) is 4.00. The Labute approximate surface area is 131 Å². The predicted octanol–water partition coefficient (Wildman–Crippen LogP) is 3.69. The number of rotatable bonds is 10. The van der Waals surface area contributed by atoms with Gasteiger partial charge in [0.05, 0.1) is 0 Å². The number of halogens is 2. The first kappa shape index (κ1) is 18.4. The van der Waals surface area contributed by atoms with E-state index in [0.717, 1.165) is 44.3 Å². The van der Waals surface area contributed by atoms with Crippen LogP contribution >= 0.6 is 11.8 Å². The van der Waals surface area contributed by atoms with Gasteiger partial charge in [0.1, 0.15) is 11.6 Å². The van der Waals surface area contributed by atoms with Crippen molar-refractivity contribution in [2.24, 2.45) is 0 Å². The smallest absolute Gasteiger partial charge is 0.126 e. The van der Waals surface area contributed by atoms with Gasteiger partial charge in [-0.3, -0.25) is 0 Å². The standard InChI is InChI=1S/C16H26F2N2S/c1-4-6-19-16(5-7-20(2)8-9-21-3)13-10-14(17)12-15(18)11-13/h10-12,16,19H,4-9H2,1-3H3. The van der Waals surface area contributed by atoms with Crippen molar-refractivity contribution in [2.75, 3.05) is 38.7 Å². The van der Waals surface area contributed by atoms with Crippen LogP contribution in [0, 0.1) is 11.6 Å². The van der Waals surface area contributed by atoms with Gasteiger partial charge in [-0.25, -0.2) is 8.78 Å². The molecule has 0 aromatic heterocycles. The van der Waals surface area contributed by atoms with E-state index < -0.39 is 11.6 Å². The summed E-state index contributed by atoms with van der Waals surface area (Å²) < 4.78 is 26.8. The van der Waals surface area contributed by atoms with E-state index in [1.54, 1.807) is 0 Å². The normalized spacial score (nSPS) is 12.9. The van der Waals surface area contributed by atoms with Crippen LogP contribution in [0.25, 0.3) is 0 Å². The van der Waals surface area contributed by atoms with Crippen molar-refractivity contribution in [2.45, 2.75) is 25.8 Å². The summed E-state index contributed by atoms with van der Waals surface area (Å²) in [4.78, 5) is 2.26.